The predicted molar refractivity (Wildman–Crippen MR) is 173 cm³/mol. The van der Waals surface area contributed by atoms with Crippen LogP contribution in [0.15, 0.2) is 54.6 Å². The molecule has 264 valence electrons. The summed E-state index contributed by atoms with van der Waals surface area (Å²) in [7, 11) is 0. The largest absolute Gasteiger partial charge is 0.508 e. The molecule has 1 aliphatic rings. The SMILES string of the molecule is CC(C)[C@H](NC(=O)CCc1ccccc1)C(=O)N[C@@H](C)C(=O)N[C@@H](CC(=O)O)C(=O)NNC(=O)C1OC1C(=O)C(N)Cc1ccc(O)cc1. The van der Waals surface area contributed by atoms with E-state index in [1.165, 1.54) is 19.1 Å². The maximum Gasteiger partial charge on any atom is 0.305 e. The third-order valence-electron chi connectivity index (χ3n) is 7.61. The second-order valence-corrected chi connectivity index (χ2v) is 12.0. The average Bonchev–Trinajstić information content (AvgIpc) is 3.86. The van der Waals surface area contributed by atoms with Crippen molar-refractivity contribution in [1.29, 1.82) is 0 Å². The van der Waals surface area contributed by atoms with Crippen molar-refractivity contribution in [1.82, 2.24) is 26.8 Å². The van der Waals surface area contributed by atoms with E-state index in [2.05, 4.69) is 16.0 Å². The molecule has 1 aliphatic heterocycles. The van der Waals surface area contributed by atoms with Crippen molar-refractivity contribution in [3.63, 3.8) is 0 Å². The van der Waals surface area contributed by atoms with Crippen LogP contribution in [0.2, 0.25) is 0 Å². The Balaban J connectivity index is 1.48. The van der Waals surface area contributed by atoms with E-state index in [0.717, 1.165) is 5.56 Å². The maximum absolute atomic E-state index is 13.0. The Morgan fingerprint density at radius 2 is 1.45 bits per heavy atom. The molecule has 2 aromatic rings. The summed E-state index contributed by atoms with van der Waals surface area (Å²) < 4.78 is 5.14. The molecule has 16 heteroatoms. The van der Waals surface area contributed by atoms with Gasteiger partial charge in [-0.05, 0) is 48.9 Å². The van der Waals surface area contributed by atoms with E-state index in [0.29, 0.717) is 12.0 Å². The number of nitrogens with two attached hydrogens (primary N) is 1. The van der Waals surface area contributed by atoms with Gasteiger partial charge in [-0.1, -0.05) is 56.3 Å². The summed E-state index contributed by atoms with van der Waals surface area (Å²) in [5, 5.41) is 26.1. The van der Waals surface area contributed by atoms with Crippen LogP contribution in [0.4, 0.5) is 0 Å². The molecule has 9 N–H and O–H groups in total. The highest BCUT2D eigenvalue weighted by molar-refractivity contribution is 6.00. The van der Waals surface area contributed by atoms with Gasteiger partial charge in [0.2, 0.25) is 17.7 Å². The van der Waals surface area contributed by atoms with E-state index in [9.17, 15) is 43.8 Å². The number of hydrogen-bond acceptors (Lipinski definition) is 10. The van der Waals surface area contributed by atoms with Gasteiger partial charge in [-0.15, -0.1) is 0 Å². The topological polar surface area (TPSA) is 259 Å². The molecule has 0 radical (unpaired) electrons. The van der Waals surface area contributed by atoms with E-state index in [1.807, 2.05) is 41.2 Å². The molecule has 0 aliphatic carbocycles. The summed E-state index contributed by atoms with van der Waals surface area (Å²) in [6.07, 6.45) is -2.56. The van der Waals surface area contributed by atoms with Crippen LogP contribution in [-0.4, -0.2) is 87.9 Å². The van der Waals surface area contributed by atoms with Crippen molar-refractivity contribution in [3.05, 3.63) is 65.7 Å². The normalized spacial score (nSPS) is 17.4. The molecule has 0 saturated carbocycles. The van der Waals surface area contributed by atoms with E-state index in [4.69, 9.17) is 10.5 Å². The number of carboxylic acids is 1. The van der Waals surface area contributed by atoms with E-state index >= 15 is 0 Å². The van der Waals surface area contributed by atoms with Crippen LogP contribution in [0.25, 0.3) is 0 Å². The van der Waals surface area contributed by atoms with Crippen molar-refractivity contribution >= 4 is 41.3 Å². The summed E-state index contributed by atoms with van der Waals surface area (Å²) in [6.45, 7) is 4.74. The molecule has 0 bridgehead atoms. The van der Waals surface area contributed by atoms with Crippen molar-refractivity contribution in [2.75, 3.05) is 0 Å². The number of phenols is 1. The number of amides is 5. The standard InChI is InChI=1S/C33H42N6O10/c1-17(2)26(37-24(41)14-11-19-7-5-4-6-8-19)32(47)35-18(3)30(45)36-23(16-25(42)43)31(46)38-39-33(48)29-28(49-29)27(44)22(34)15-20-9-12-21(40)13-10-20/h4-10,12-13,17-18,22-23,26,28-29,40H,11,14-16,34H2,1-3H3,(H,35,47)(H,36,45)(H,37,41)(H,38,46)(H,39,48)(H,42,43)/t18-,22?,23-,26-,28?,29?/m0/s1. The number of ether oxygens (including phenoxy) is 1. The minimum absolute atomic E-state index is 0.0479. The molecule has 16 nitrogen and oxygen atoms in total. The number of hydrazine groups is 1. The Labute approximate surface area is 282 Å². The number of aliphatic carboxylic acids is 1. The zero-order valence-corrected chi connectivity index (χ0v) is 27.3. The molecule has 1 fully saturated rings. The minimum Gasteiger partial charge on any atom is -0.508 e. The van der Waals surface area contributed by atoms with Crippen LogP contribution >= 0.6 is 0 Å². The lowest BCUT2D eigenvalue weighted by molar-refractivity contribution is -0.141. The summed E-state index contributed by atoms with van der Waals surface area (Å²) in [5.41, 5.74) is 11.6. The number of rotatable bonds is 17. The Hall–Kier alpha value is -5.35. The highest BCUT2D eigenvalue weighted by Gasteiger charge is 2.51. The van der Waals surface area contributed by atoms with Gasteiger partial charge in [-0.25, -0.2) is 0 Å². The van der Waals surface area contributed by atoms with Crippen LogP contribution in [-0.2, 0) is 51.1 Å². The Morgan fingerprint density at radius 1 is 0.796 bits per heavy atom. The molecular weight excluding hydrogens is 640 g/mol. The fraction of sp³-hybridized carbons (Fsp3) is 0.424. The van der Waals surface area contributed by atoms with Gasteiger partial charge in [0.25, 0.3) is 11.8 Å². The maximum atomic E-state index is 13.0. The number of Topliss-reactive ketones (excluding diaryl/α,β-unsaturated/α-hetero) is 1. The molecule has 3 rings (SSSR count). The first-order valence-corrected chi connectivity index (χ1v) is 15.6. The number of nitrogens with one attached hydrogen (secondary N) is 5. The van der Waals surface area contributed by atoms with Gasteiger partial charge >= 0.3 is 5.97 Å². The Kier molecular flexibility index (Phi) is 13.8. The summed E-state index contributed by atoms with van der Waals surface area (Å²) >= 11 is 0. The van der Waals surface area contributed by atoms with Gasteiger partial charge in [0, 0.05) is 6.42 Å². The van der Waals surface area contributed by atoms with Gasteiger partial charge in [0.15, 0.2) is 18.0 Å². The number of epoxide rings is 1. The number of ketones is 1. The second kappa shape index (κ2) is 17.7. The fourth-order valence-electron chi connectivity index (χ4n) is 4.74. The van der Waals surface area contributed by atoms with Gasteiger partial charge in [0.1, 0.15) is 23.9 Å². The van der Waals surface area contributed by atoms with Crippen LogP contribution in [0.5, 0.6) is 5.75 Å². The van der Waals surface area contributed by atoms with Crippen LogP contribution in [0.3, 0.4) is 0 Å². The molecule has 0 spiro atoms. The van der Waals surface area contributed by atoms with Crippen molar-refractivity contribution in [3.8, 4) is 5.75 Å². The second-order valence-electron chi connectivity index (χ2n) is 12.0. The third-order valence-corrected chi connectivity index (χ3v) is 7.61. The monoisotopic (exact) mass is 682 g/mol. The van der Waals surface area contributed by atoms with Gasteiger partial charge in [-0.3, -0.25) is 44.4 Å². The zero-order valence-electron chi connectivity index (χ0n) is 27.3. The van der Waals surface area contributed by atoms with E-state index < -0.39 is 78.2 Å². The van der Waals surface area contributed by atoms with Crippen LogP contribution < -0.4 is 32.5 Å². The highest BCUT2D eigenvalue weighted by Crippen LogP contribution is 2.25. The number of aromatic hydroxyl groups is 1. The molecule has 3 unspecified atom stereocenters. The smallest absolute Gasteiger partial charge is 0.305 e. The number of aryl methyl sites for hydroxylation is 1. The van der Waals surface area contributed by atoms with Gasteiger partial charge < -0.3 is 36.6 Å². The number of hydrogen-bond donors (Lipinski definition) is 8. The molecule has 49 heavy (non-hydrogen) atoms. The third kappa shape index (κ3) is 12.0. The lowest BCUT2D eigenvalue weighted by Gasteiger charge is -2.25. The summed E-state index contributed by atoms with van der Waals surface area (Å²) in [5.74, 6) is -6.22. The number of benzene rings is 2. The molecule has 1 heterocycles. The molecule has 1 saturated heterocycles. The zero-order chi connectivity index (χ0) is 36.2. The number of carbonyl (C=O) groups is 7. The van der Waals surface area contributed by atoms with Gasteiger partial charge in [-0.2, -0.15) is 0 Å². The van der Waals surface area contributed by atoms with Crippen LogP contribution in [0, 0.1) is 5.92 Å². The first kappa shape index (κ1) is 38.1. The van der Waals surface area contributed by atoms with Crippen LogP contribution in [0.1, 0.15) is 44.7 Å². The summed E-state index contributed by atoms with van der Waals surface area (Å²) in [4.78, 5) is 87.7. The van der Waals surface area contributed by atoms with Crippen molar-refractivity contribution < 1.29 is 48.5 Å². The van der Waals surface area contributed by atoms with Gasteiger partial charge in [0.05, 0.1) is 12.5 Å². The molecule has 0 aromatic heterocycles. The van der Waals surface area contributed by atoms with Crippen molar-refractivity contribution in [2.45, 2.75) is 82.8 Å². The number of carboxylic acid groups (broad SMARTS) is 1. The number of phenolic OH excluding ortho intramolecular Hbond substituents is 1. The molecule has 2 aromatic carbocycles. The lowest BCUT2D eigenvalue weighted by Crippen LogP contribution is -2.58. The summed E-state index contributed by atoms with van der Waals surface area (Å²) in [6, 6.07) is 10.5. The van der Waals surface area contributed by atoms with E-state index in [-0.39, 0.29) is 30.4 Å². The number of carbonyl (C=O) groups excluding carboxylic acids is 6. The Bertz CT molecular complexity index is 1520. The molecular formula is C33H42N6O10. The first-order valence-electron chi connectivity index (χ1n) is 15.6. The predicted octanol–water partition coefficient (Wildman–Crippen LogP) is -1.02. The quantitative estimate of drug-likeness (QED) is 0.0740. The Morgan fingerprint density at radius 3 is 2.06 bits per heavy atom. The highest BCUT2D eigenvalue weighted by atomic mass is 16.6. The average molecular weight is 683 g/mol. The lowest BCUT2D eigenvalue weighted by atomic mass is 10.0. The first-order chi connectivity index (χ1) is 23.2. The minimum atomic E-state index is -1.67. The molecule has 6 atom stereocenters. The van der Waals surface area contributed by atoms with E-state index in [1.54, 1.807) is 26.0 Å². The fourth-order valence-corrected chi connectivity index (χ4v) is 4.74. The van der Waals surface area contributed by atoms with Crippen molar-refractivity contribution in [2.24, 2.45) is 11.7 Å². The molecule has 5 amide bonds.